The van der Waals surface area contributed by atoms with Gasteiger partial charge in [0.1, 0.15) is 59.5 Å². The molecule has 0 fully saturated rings. The molecule has 34 heteroatoms. The van der Waals surface area contributed by atoms with Gasteiger partial charge in [-0.1, -0.05) is 50.2 Å². The van der Waals surface area contributed by atoms with E-state index in [0.29, 0.717) is 11.1 Å². The smallest absolute Gasteiger partial charge is 0.508 e. The zero-order valence-corrected chi connectivity index (χ0v) is 47.5. The number of rotatable bonds is 37. The monoisotopic (exact) mass is 1250 g/mol. The lowest BCUT2D eigenvalue weighted by Gasteiger charge is -2.27. The summed E-state index contributed by atoms with van der Waals surface area (Å²) < 4.78 is 16.0. The van der Waals surface area contributed by atoms with Crippen LogP contribution in [0.5, 0.6) is 17.2 Å². The van der Waals surface area contributed by atoms with E-state index in [1.54, 1.807) is 13.8 Å². The lowest BCUT2D eigenvalue weighted by Crippen LogP contribution is -2.61. The minimum atomic E-state index is -5.11. The van der Waals surface area contributed by atoms with E-state index in [9.17, 15) is 112 Å². The largest absolute Gasteiger partial charge is 0.524 e. The van der Waals surface area contributed by atoms with E-state index >= 15 is 0 Å². The minimum Gasteiger partial charge on any atom is -0.508 e. The van der Waals surface area contributed by atoms with E-state index in [2.05, 4.69) is 41.7 Å². The zero-order valence-electron chi connectivity index (χ0n) is 46.6. The van der Waals surface area contributed by atoms with Crippen molar-refractivity contribution in [2.75, 3.05) is 6.54 Å². The van der Waals surface area contributed by atoms with Crippen molar-refractivity contribution in [3.05, 3.63) is 89.5 Å². The summed E-state index contributed by atoms with van der Waals surface area (Å²) >= 11 is 0. The molecule has 3 rings (SSSR count). The molecule has 8 amide bonds. The predicted molar refractivity (Wildman–Crippen MR) is 296 cm³/mol. The first-order chi connectivity index (χ1) is 40.7. The number of nitrogens with two attached hydrogens (primary N) is 1. The molecule has 3 aromatic carbocycles. The number of aromatic hydroxyl groups is 2. The van der Waals surface area contributed by atoms with E-state index in [1.165, 1.54) is 48.5 Å². The first kappa shape index (κ1) is 71.5. The molecular formula is C53H68N9O24P. The second-order valence-electron chi connectivity index (χ2n) is 20.0. The van der Waals surface area contributed by atoms with Gasteiger partial charge in [-0.15, -0.1) is 0 Å². The van der Waals surface area contributed by atoms with Gasteiger partial charge in [-0.05, 0) is 84.7 Å². The topological polar surface area (TPSA) is 553 Å². The third-order valence-corrected chi connectivity index (χ3v) is 12.8. The Kier molecular flexibility index (Phi) is 28.2. The highest BCUT2D eigenvalue weighted by atomic mass is 31.2. The van der Waals surface area contributed by atoms with Gasteiger partial charge in [-0.25, -0.2) is 9.36 Å². The summed E-state index contributed by atoms with van der Waals surface area (Å²) in [6.45, 7) is 2.40. The number of aliphatic carboxylic acids is 5. The normalized spacial score (nSPS) is 13.9. The third kappa shape index (κ3) is 27.2. The Balaban J connectivity index is 1.95. The van der Waals surface area contributed by atoms with Crippen molar-refractivity contribution in [2.45, 2.75) is 126 Å². The number of phenolic OH excluding ortho intramolecular Hbond substituents is 2. The lowest BCUT2D eigenvalue weighted by molar-refractivity contribution is -0.144. The molecule has 0 spiro atoms. The Morgan fingerprint density at radius 1 is 0.460 bits per heavy atom. The first-order valence-electron chi connectivity index (χ1n) is 26.3. The van der Waals surface area contributed by atoms with Crippen molar-refractivity contribution >= 4 is 84.9 Å². The Bertz CT molecular complexity index is 3010. The van der Waals surface area contributed by atoms with Gasteiger partial charge in [0.05, 0.1) is 25.4 Å². The number of phenols is 2. The molecule has 474 valence electrons. The maximum atomic E-state index is 14.3. The van der Waals surface area contributed by atoms with Crippen LogP contribution in [0.2, 0.25) is 0 Å². The predicted octanol–water partition coefficient (Wildman–Crippen LogP) is -2.76. The molecule has 0 aliphatic rings. The van der Waals surface area contributed by atoms with Gasteiger partial charge in [-0.3, -0.25) is 67.3 Å². The number of carboxylic acids is 5. The number of amides is 8. The molecule has 3 aromatic rings. The average Bonchev–Trinajstić information content (AvgIpc) is 3.10. The van der Waals surface area contributed by atoms with Gasteiger partial charge >= 0.3 is 37.7 Å². The van der Waals surface area contributed by atoms with Crippen LogP contribution in [-0.2, 0) is 86.2 Å². The molecule has 0 saturated carbocycles. The van der Waals surface area contributed by atoms with Crippen LogP contribution in [0.25, 0.3) is 0 Å². The Hall–Kier alpha value is -9.72. The highest BCUT2D eigenvalue weighted by Crippen LogP contribution is 2.37. The Morgan fingerprint density at radius 3 is 1.24 bits per heavy atom. The number of phosphoric ester groups is 1. The Morgan fingerprint density at radius 2 is 0.816 bits per heavy atom. The van der Waals surface area contributed by atoms with Crippen molar-refractivity contribution in [1.82, 2.24) is 42.5 Å². The van der Waals surface area contributed by atoms with Crippen LogP contribution in [0, 0.1) is 5.92 Å². The zero-order chi connectivity index (χ0) is 65.3. The second kappa shape index (κ2) is 34.3. The van der Waals surface area contributed by atoms with Crippen LogP contribution >= 0.6 is 7.82 Å². The number of carbonyl (C=O) groups is 13. The lowest BCUT2D eigenvalue weighted by atomic mass is 10.0. The molecule has 0 aliphatic carbocycles. The minimum absolute atomic E-state index is 0.0249. The molecule has 8 atom stereocenters. The first-order valence-corrected chi connectivity index (χ1v) is 27.9. The molecule has 0 aromatic heterocycles. The number of nitrogens with one attached hydrogen (secondary N) is 8. The third-order valence-electron chi connectivity index (χ3n) is 12.3. The molecule has 0 saturated heterocycles. The molecule has 0 unspecified atom stereocenters. The fourth-order valence-corrected chi connectivity index (χ4v) is 8.43. The van der Waals surface area contributed by atoms with Gasteiger partial charge < -0.3 is 88.5 Å². The second-order valence-corrected chi connectivity index (χ2v) is 21.2. The molecular weight excluding hydrogens is 1180 g/mol. The van der Waals surface area contributed by atoms with Crippen molar-refractivity contribution < 1.29 is 117 Å². The van der Waals surface area contributed by atoms with E-state index in [4.69, 9.17) is 5.73 Å². The molecule has 0 bridgehead atoms. The highest BCUT2D eigenvalue weighted by molar-refractivity contribution is 7.46. The van der Waals surface area contributed by atoms with E-state index in [1.807, 2.05) is 5.32 Å². The number of benzene rings is 3. The highest BCUT2D eigenvalue weighted by Gasteiger charge is 2.36. The van der Waals surface area contributed by atoms with Crippen molar-refractivity contribution in [1.29, 1.82) is 0 Å². The molecule has 19 N–H and O–H groups in total. The summed E-state index contributed by atoms with van der Waals surface area (Å²) in [4.78, 5) is 188. The van der Waals surface area contributed by atoms with Crippen molar-refractivity contribution in [3.63, 3.8) is 0 Å². The van der Waals surface area contributed by atoms with E-state index in [0.717, 1.165) is 24.3 Å². The molecule has 0 radical (unpaired) electrons. The number of carbonyl (C=O) groups excluding carboxylic acids is 8. The average molecular weight is 1250 g/mol. The van der Waals surface area contributed by atoms with Crippen molar-refractivity contribution in [2.24, 2.45) is 11.7 Å². The number of hydrogen-bond acceptors (Lipinski definition) is 18. The van der Waals surface area contributed by atoms with Crippen LogP contribution in [0.15, 0.2) is 72.8 Å². The molecule has 33 nitrogen and oxygen atoms in total. The molecule has 87 heavy (non-hydrogen) atoms. The summed E-state index contributed by atoms with van der Waals surface area (Å²) in [5, 5.41) is 85.3. The molecule has 0 heterocycles. The summed E-state index contributed by atoms with van der Waals surface area (Å²) in [5.41, 5.74) is 6.89. The number of carboxylic acid groups (broad SMARTS) is 5. The van der Waals surface area contributed by atoms with Crippen LogP contribution in [0.3, 0.4) is 0 Å². The van der Waals surface area contributed by atoms with E-state index in [-0.39, 0.29) is 36.3 Å². The maximum absolute atomic E-state index is 14.3. The summed E-state index contributed by atoms with van der Waals surface area (Å²) in [7, 11) is -5.11. The van der Waals surface area contributed by atoms with Crippen LogP contribution in [0.4, 0.5) is 0 Å². The maximum Gasteiger partial charge on any atom is 0.524 e. The number of hydrogen-bond donors (Lipinski definition) is 18. The molecule has 0 aliphatic heterocycles. The van der Waals surface area contributed by atoms with E-state index < -0.39 is 196 Å². The standard InChI is InChI=1S/C53H68N9O24P/c1-26(2)19-36(49(77)62-40(53(81)82)22-28-5-11-31(64)12-6-28)58-51(79)38(23-44(70)71)61-52(80)39(24-45(72)73)60-50(78)37(21-29-7-13-32(14-8-29)86-87(83,84)85)59-48(76)35(16-18-43(68)69)57-47(75)34(15-17-42(66)67)56-41(65)25-55-46(74)33(54)20-27-3-9-30(63)10-4-27/h3-14,26,33-40,63-64H,15-25,54H2,1-2H3,(H,55,74)(H,56,65)(H,57,75)(H,58,79)(H,59,76)(H,60,78)(H,61,80)(H,62,77)(H,66,67)(H,68,69)(H,70,71)(H,72,73)(H,81,82)(H2,83,84,85)/t33-,34-,35-,36-,37-,38-,39-,40-/m0/s1. The fourth-order valence-electron chi connectivity index (χ4n) is 8.04. The van der Waals surface area contributed by atoms with Gasteiger partial charge in [-0.2, -0.15) is 0 Å². The quantitative estimate of drug-likeness (QED) is 0.0260. The summed E-state index contributed by atoms with van der Waals surface area (Å²) in [5.74, 6) is -19.0. The van der Waals surface area contributed by atoms with Gasteiger partial charge in [0, 0.05) is 25.7 Å². The summed E-state index contributed by atoms with van der Waals surface area (Å²) in [6.07, 6.45) is -6.86. The van der Waals surface area contributed by atoms with Gasteiger partial charge in [0.2, 0.25) is 47.3 Å². The van der Waals surface area contributed by atoms with Gasteiger partial charge in [0.15, 0.2) is 0 Å². The van der Waals surface area contributed by atoms with Gasteiger partial charge in [0.25, 0.3) is 0 Å². The van der Waals surface area contributed by atoms with Crippen molar-refractivity contribution in [3.8, 4) is 17.2 Å². The summed E-state index contributed by atoms with van der Waals surface area (Å²) in [6, 6.07) is 0.685. The van der Waals surface area contributed by atoms with Crippen LogP contribution in [-0.4, -0.2) is 178 Å². The SMILES string of the molecule is CC(C)C[C@H](NC(=O)[C@H](CC(=O)O)NC(=O)[C@H](CC(=O)O)NC(=O)[C@H](Cc1ccc(OP(=O)(O)O)cc1)NC(=O)[C@H](CCC(=O)O)NC(=O)[C@H](CCC(=O)O)NC(=O)CNC(=O)[C@@H](N)Cc1ccc(O)cc1)C(=O)N[C@@H](Cc1ccc(O)cc1)C(=O)O. The van der Waals surface area contributed by atoms with Crippen LogP contribution < -0.4 is 52.8 Å². The number of phosphoric acid groups is 1. The Labute approximate surface area is 494 Å². The van der Waals surface area contributed by atoms with Crippen LogP contribution in [0.1, 0.15) is 75.5 Å². The fraction of sp³-hybridized carbons (Fsp3) is 0.415.